The second kappa shape index (κ2) is 6.16. The van der Waals surface area contributed by atoms with E-state index >= 15 is 0 Å². The Labute approximate surface area is 115 Å². The van der Waals surface area contributed by atoms with Gasteiger partial charge in [0, 0.05) is 19.6 Å². The molecule has 19 heavy (non-hydrogen) atoms. The second-order valence-corrected chi connectivity index (χ2v) is 5.05. The molecule has 0 amide bonds. The van der Waals surface area contributed by atoms with Crippen LogP contribution in [0, 0.1) is 11.3 Å². The lowest BCUT2D eigenvalue weighted by atomic mass is 9.90. The summed E-state index contributed by atoms with van der Waals surface area (Å²) >= 11 is 0. The summed E-state index contributed by atoms with van der Waals surface area (Å²) < 4.78 is 5.55. The van der Waals surface area contributed by atoms with Crippen LogP contribution in [0.4, 0.5) is 0 Å². The van der Waals surface area contributed by atoms with Crippen LogP contribution in [0.5, 0.6) is 0 Å². The molecule has 1 saturated heterocycles. The summed E-state index contributed by atoms with van der Waals surface area (Å²) in [5, 5.41) is 12.9. The molecule has 2 atom stereocenters. The van der Waals surface area contributed by atoms with Gasteiger partial charge in [0.05, 0.1) is 18.8 Å². The molecule has 102 valence electrons. The summed E-state index contributed by atoms with van der Waals surface area (Å²) in [6.45, 7) is 5.24. The monoisotopic (exact) mass is 259 g/mol. The first kappa shape index (κ1) is 14.0. The number of likely N-dealkylation sites (N-methyl/N-ethyl adjacent to an activating group) is 1. The molecular weight excluding hydrogens is 238 g/mol. The van der Waals surface area contributed by atoms with Crippen LogP contribution in [-0.2, 0) is 10.3 Å². The van der Waals surface area contributed by atoms with Crippen molar-refractivity contribution in [1.29, 1.82) is 5.26 Å². The van der Waals surface area contributed by atoms with E-state index in [2.05, 4.69) is 23.2 Å². The highest BCUT2D eigenvalue weighted by Crippen LogP contribution is 2.22. The molecule has 1 aliphatic heterocycles. The Morgan fingerprint density at radius 1 is 1.47 bits per heavy atom. The number of benzene rings is 1. The molecule has 0 aromatic heterocycles. The molecule has 4 nitrogen and oxygen atoms in total. The Hall–Kier alpha value is -1.41. The predicted octanol–water partition coefficient (Wildman–Crippen LogP) is 1.35. The highest BCUT2D eigenvalue weighted by molar-refractivity contribution is 5.32. The lowest BCUT2D eigenvalue weighted by Crippen LogP contribution is -2.52. The Balaban J connectivity index is 2.18. The van der Waals surface area contributed by atoms with Crippen LogP contribution in [0.1, 0.15) is 12.5 Å². The minimum atomic E-state index is -0.654. The van der Waals surface area contributed by atoms with Gasteiger partial charge in [-0.05, 0) is 19.5 Å². The van der Waals surface area contributed by atoms with E-state index in [1.165, 1.54) is 0 Å². The van der Waals surface area contributed by atoms with Crippen LogP contribution >= 0.6 is 0 Å². The van der Waals surface area contributed by atoms with Crippen molar-refractivity contribution in [2.24, 2.45) is 0 Å². The summed E-state index contributed by atoms with van der Waals surface area (Å²) in [5.74, 6) is 0. The fourth-order valence-corrected chi connectivity index (χ4v) is 2.56. The number of nitriles is 1. The summed E-state index contributed by atoms with van der Waals surface area (Å²) in [5.41, 5.74) is 0.359. The summed E-state index contributed by atoms with van der Waals surface area (Å²) in [6.07, 6.45) is 0.234. The van der Waals surface area contributed by atoms with Crippen molar-refractivity contribution in [3.63, 3.8) is 0 Å². The number of rotatable bonds is 4. The zero-order valence-corrected chi connectivity index (χ0v) is 11.6. The van der Waals surface area contributed by atoms with Gasteiger partial charge in [0.25, 0.3) is 0 Å². The maximum Gasteiger partial charge on any atom is 0.144 e. The fourth-order valence-electron chi connectivity index (χ4n) is 2.56. The van der Waals surface area contributed by atoms with Gasteiger partial charge in [0.15, 0.2) is 0 Å². The average Bonchev–Trinajstić information content (AvgIpc) is 2.46. The van der Waals surface area contributed by atoms with E-state index in [-0.39, 0.29) is 6.10 Å². The molecule has 0 saturated carbocycles. The van der Waals surface area contributed by atoms with Crippen LogP contribution in [0.25, 0.3) is 0 Å². The maximum atomic E-state index is 9.66. The molecule has 1 fully saturated rings. The van der Waals surface area contributed by atoms with Gasteiger partial charge in [-0.3, -0.25) is 10.2 Å². The molecule has 0 spiro atoms. The summed E-state index contributed by atoms with van der Waals surface area (Å²) in [6, 6.07) is 12.4. The Kier molecular flexibility index (Phi) is 4.54. The topological polar surface area (TPSA) is 48.3 Å². The van der Waals surface area contributed by atoms with Gasteiger partial charge < -0.3 is 4.74 Å². The van der Waals surface area contributed by atoms with Crippen molar-refractivity contribution in [1.82, 2.24) is 10.2 Å². The predicted molar refractivity (Wildman–Crippen MR) is 74.6 cm³/mol. The standard InChI is InChI=1S/C15H21N3O/c1-13-10-18(8-9-19-13)12-15(11-16,17-2)14-6-4-3-5-7-14/h3-7,13,17H,8-10,12H2,1-2H3. The lowest BCUT2D eigenvalue weighted by Gasteiger charge is -2.37. The van der Waals surface area contributed by atoms with Gasteiger partial charge in [-0.15, -0.1) is 0 Å². The van der Waals surface area contributed by atoms with E-state index < -0.39 is 5.54 Å². The number of nitrogens with zero attached hydrogens (tertiary/aromatic N) is 2. The third kappa shape index (κ3) is 3.13. The highest BCUT2D eigenvalue weighted by atomic mass is 16.5. The third-order valence-corrected chi connectivity index (χ3v) is 3.67. The van der Waals surface area contributed by atoms with Crippen LogP contribution in [0.3, 0.4) is 0 Å². The van der Waals surface area contributed by atoms with E-state index in [1.54, 1.807) is 0 Å². The Bertz CT molecular complexity index is 442. The van der Waals surface area contributed by atoms with E-state index in [4.69, 9.17) is 4.74 Å². The SMILES string of the molecule is CNC(C#N)(CN1CCOC(C)C1)c1ccccc1. The average molecular weight is 259 g/mol. The quantitative estimate of drug-likeness (QED) is 0.886. The number of ether oxygens (including phenoxy) is 1. The zero-order valence-electron chi connectivity index (χ0n) is 11.6. The van der Waals surface area contributed by atoms with Gasteiger partial charge >= 0.3 is 0 Å². The largest absolute Gasteiger partial charge is 0.376 e. The highest BCUT2D eigenvalue weighted by Gasteiger charge is 2.34. The lowest BCUT2D eigenvalue weighted by molar-refractivity contribution is -0.0241. The summed E-state index contributed by atoms with van der Waals surface area (Å²) in [7, 11) is 1.85. The number of morpholine rings is 1. The molecule has 1 aliphatic rings. The molecule has 4 heteroatoms. The molecule has 0 aliphatic carbocycles. The Morgan fingerprint density at radius 2 is 2.21 bits per heavy atom. The van der Waals surface area contributed by atoms with Crippen molar-refractivity contribution in [2.45, 2.75) is 18.6 Å². The zero-order chi connectivity index (χ0) is 13.7. The van der Waals surface area contributed by atoms with E-state index in [9.17, 15) is 5.26 Å². The van der Waals surface area contributed by atoms with Crippen LogP contribution in [-0.4, -0.2) is 44.3 Å². The fraction of sp³-hybridized carbons (Fsp3) is 0.533. The van der Waals surface area contributed by atoms with Crippen molar-refractivity contribution < 1.29 is 4.74 Å². The van der Waals surface area contributed by atoms with Gasteiger partial charge in [0.1, 0.15) is 5.54 Å². The molecule has 0 radical (unpaired) electrons. The molecule has 0 bridgehead atoms. The van der Waals surface area contributed by atoms with Crippen LogP contribution in [0.2, 0.25) is 0 Å². The Morgan fingerprint density at radius 3 is 2.79 bits per heavy atom. The first-order chi connectivity index (χ1) is 9.20. The molecular formula is C15H21N3O. The normalized spacial score (nSPS) is 23.5. The van der Waals surface area contributed by atoms with Gasteiger partial charge in [-0.25, -0.2) is 0 Å². The minimum Gasteiger partial charge on any atom is -0.376 e. The van der Waals surface area contributed by atoms with Gasteiger partial charge in [0.2, 0.25) is 0 Å². The van der Waals surface area contributed by atoms with Crippen molar-refractivity contribution in [2.75, 3.05) is 33.3 Å². The van der Waals surface area contributed by atoms with Gasteiger partial charge in [-0.2, -0.15) is 5.26 Å². The van der Waals surface area contributed by atoms with Crippen LogP contribution < -0.4 is 5.32 Å². The van der Waals surface area contributed by atoms with Crippen molar-refractivity contribution in [3.05, 3.63) is 35.9 Å². The first-order valence-electron chi connectivity index (χ1n) is 6.70. The summed E-state index contributed by atoms with van der Waals surface area (Å²) in [4.78, 5) is 2.29. The number of hydrogen-bond donors (Lipinski definition) is 1. The van der Waals surface area contributed by atoms with E-state index in [0.717, 1.165) is 25.3 Å². The van der Waals surface area contributed by atoms with E-state index in [0.29, 0.717) is 6.54 Å². The first-order valence-corrected chi connectivity index (χ1v) is 6.70. The molecule has 2 unspecified atom stereocenters. The molecule has 1 aromatic carbocycles. The van der Waals surface area contributed by atoms with E-state index in [1.807, 2.05) is 37.4 Å². The number of nitrogens with one attached hydrogen (secondary N) is 1. The molecule has 1 N–H and O–H groups in total. The molecule has 2 rings (SSSR count). The second-order valence-electron chi connectivity index (χ2n) is 5.05. The van der Waals surface area contributed by atoms with Crippen molar-refractivity contribution in [3.8, 4) is 6.07 Å². The van der Waals surface area contributed by atoms with Gasteiger partial charge in [-0.1, -0.05) is 30.3 Å². The number of hydrogen-bond acceptors (Lipinski definition) is 4. The molecule has 1 heterocycles. The van der Waals surface area contributed by atoms with Crippen LogP contribution in [0.15, 0.2) is 30.3 Å². The maximum absolute atomic E-state index is 9.66. The minimum absolute atomic E-state index is 0.234. The third-order valence-electron chi connectivity index (χ3n) is 3.67. The van der Waals surface area contributed by atoms with Crippen molar-refractivity contribution >= 4 is 0 Å². The smallest absolute Gasteiger partial charge is 0.144 e. The molecule has 1 aromatic rings.